The molecule has 1 aliphatic heterocycles. The van der Waals surface area contributed by atoms with Gasteiger partial charge in [-0.1, -0.05) is 55.8 Å². The van der Waals surface area contributed by atoms with Crippen molar-refractivity contribution in [1.82, 2.24) is 10.2 Å². The fraction of sp³-hybridized carbons (Fsp3) is 0.588. The Bertz CT molecular complexity index is 497. The third-order valence-corrected chi connectivity index (χ3v) is 4.88. The van der Waals surface area contributed by atoms with E-state index in [9.17, 15) is 4.79 Å². The van der Waals surface area contributed by atoms with E-state index in [2.05, 4.69) is 16.3 Å². The lowest BCUT2D eigenvalue weighted by molar-refractivity contribution is -0.130. The first-order valence-corrected chi connectivity index (χ1v) is 8.43. The van der Waals surface area contributed by atoms with Gasteiger partial charge in [-0.2, -0.15) is 0 Å². The molecule has 0 spiro atoms. The van der Waals surface area contributed by atoms with Crippen LogP contribution in [0.4, 0.5) is 0 Å². The molecule has 1 saturated carbocycles. The molecule has 21 heavy (non-hydrogen) atoms. The van der Waals surface area contributed by atoms with Crippen LogP contribution in [-0.2, 0) is 4.79 Å². The highest BCUT2D eigenvalue weighted by Crippen LogP contribution is 2.31. The van der Waals surface area contributed by atoms with Gasteiger partial charge in [0.2, 0.25) is 5.91 Å². The van der Waals surface area contributed by atoms with E-state index in [0.29, 0.717) is 12.6 Å². The van der Waals surface area contributed by atoms with Gasteiger partial charge in [-0.05, 0) is 30.5 Å². The summed E-state index contributed by atoms with van der Waals surface area (Å²) in [6.07, 6.45) is 8.65. The van der Waals surface area contributed by atoms with Crippen molar-refractivity contribution in [2.24, 2.45) is 0 Å². The molecular formula is C17H23ClN2O. The van der Waals surface area contributed by atoms with Gasteiger partial charge in [0.25, 0.3) is 0 Å². The quantitative estimate of drug-likeness (QED) is 0.899. The zero-order valence-electron chi connectivity index (χ0n) is 12.4. The molecule has 0 radical (unpaired) electrons. The van der Waals surface area contributed by atoms with Gasteiger partial charge in [0.1, 0.15) is 6.17 Å². The fourth-order valence-corrected chi connectivity index (χ4v) is 3.80. The van der Waals surface area contributed by atoms with E-state index < -0.39 is 0 Å². The van der Waals surface area contributed by atoms with Crippen LogP contribution in [0.2, 0.25) is 5.02 Å². The van der Waals surface area contributed by atoms with E-state index in [-0.39, 0.29) is 12.1 Å². The second-order valence-corrected chi connectivity index (χ2v) is 6.57. The van der Waals surface area contributed by atoms with Crippen molar-refractivity contribution in [3.05, 3.63) is 34.9 Å². The van der Waals surface area contributed by atoms with Crippen molar-refractivity contribution in [2.45, 2.75) is 57.2 Å². The third-order valence-electron chi connectivity index (χ3n) is 4.65. The number of amides is 1. The predicted octanol–water partition coefficient (Wildman–Crippen LogP) is 3.88. The molecule has 0 aromatic heterocycles. The molecule has 1 saturated heterocycles. The highest BCUT2D eigenvalue weighted by molar-refractivity contribution is 6.30. The predicted molar refractivity (Wildman–Crippen MR) is 85.1 cm³/mol. The first kappa shape index (κ1) is 14.9. The van der Waals surface area contributed by atoms with Gasteiger partial charge in [-0.3, -0.25) is 10.1 Å². The Morgan fingerprint density at radius 2 is 1.81 bits per heavy atom. The standard InChI is InChI=1S/C17H23ClN2O/c18-14-8-6-7-13(11-14)17-19-12-16(21)20(17)15-9-4-2-1-3-5-10-15/h6-8,11,15,17,19H,1-5,9-10,12H2. The SMILES string of the molecule is O=C1CNC(c2cccc(Cl)c2)N1C1CCCCCCC1. The number of nitrogens with one attached hydrogen (secondary N) is 1. The molecule has 1 heterocycles. The molecule has 2 aliphatic rings. The van der Waals surface area contributed by atoms with Crippen LogP contribution in [0.15, 0.2) is 24.3 Å². The van der Waals surface area contributed by atoms with Crippen molar-refractivity contribution < 1.29 is 4.79 Å². The van der Waals surface area contributed by atoms with E-state index in [1.54, 1.807) is 0 Å². The van der Waals surface area contributed by atoms with Crippen LogP contribution in [0.25, 0.3) is 0 Å². The number of carbonyl (C=O) groups is 1. The molecule has 1 aliphatic carbocycles. The van der Waals surface area contributed by atoms with E-state index in [1.807, 2.05) is 18.2 Å². The van der Waals surface area contributed by atoms with Crippen LogP contribution >= 0.6 is 11.6 Å². The highest BCUT2D eigenvalue weighted by atomic mass is 35.5. The molecule has 1 N–H and O–H groups in total. The normalized spacial score (nSPS) is 24.9. The van der Waals surface area contributed by atoms with E-state index >= 15 is 0 Å². The Morgan fingerprint density at radius 1 is 1.10 bits per heavy atom. The van der Waals surface area contributed by atoms with Gasteiger partial charge in [0.15, 0.2) is 0 Å². The lowest BCUT2D eigenvalue weighted by Gasteiger charge is -2.34. The number of carbonyl (C=O) groups excluding carboxylic acids is 1. The summed E-state index contributed by atoms with van der Waals surface area (Å²) >= 11 is 6.11. The maximum absolute atomic E-state index is 12.4. The summed E-state index contributed by atoms with van der Waals surface area (Å²) in [4.78, 5) is 14.5. The number of halogens is 1. The van der Waals surface area contributed by atoms with Crippen LogP contribution < -0.4 is 5.32 Å². The molecule has 2 fully saturated rings. The minimum atomic E-state index is -0.0133. The summed E-state index contributed by atoms with van der Waals surface area (Å²) in [7, 11) is 0. The average molecular weight is 307 g/mol. The van der Waals surface area contributed by atoms with E-state index in [0.717, 1.165) is 23.4 Å². The van der Waals surface area contributed by atoms with Gasteiger partial charge in [0, 0.05) is 11.1 Å². The second-order valence-electron chi connectivity index (χ2n) is 6.14. The minimum Gasteiger partial charge on any atom is -0.319 e. The van der Waals surface area contributed by atoms with Gasteiger partial charge in [-0.25, -0.2) is 0 Å². The first-order chi connectivity index (χ1) is 10.3. The van der Waals surface area contributed by atoms with Gasteiger partial charge in [0.05, 0.1) is 6.54 Å². The number of hydrogen-bond donors (Lipinski definition) is 1. The summed E-state index contributed by atoms with van der Waals surface area (Å²) in [6, 6.07) is 8.23. The molecule has 3 rings (SSSR count). The molecule has 114 valence electrons. The molecule has 0 bridgehead atoms. The zero-order valence-corrected chi connectivity index (χ0v) is 13.1. The summed E-state index contributed by atoms with van der Waals surface area (Å²) in [5, 5.41) is 4.08. The van der Waals surface area contributed by atoms with Gasteiger partial charge < -0.3 is 4.90 Å². The fourth-order valence-electron chi connectivity index (χ4n) is 3.60. The van der Waals surface area contributed by atoms with Crippen molar-refractivity contribution in [2.75, 3.05) is 6.54 Å². The topological polar surface area (TPSA) is 32.3 Å². The first-order valence-electron chi connectivity index (χ1n) is 8.06. The number of benzene rings is 1. The molecule has 1 atom stereocenters. The van der Waals surface area contributed by atoms with Crippen molar-refractivity contribution in [3.8, 4) is 0 Å². The summed E-state index contributed by atoms with van der Waals surface area (Å²) in [5.41, 5.74) is 1.09. The van der Waals surface area contributed by atoms with Crippen LogP contribution in [0.5, 0.6) is 0 Å². The molecule has 1 amide bonds. The molecule has 1 unspecified atom stereocenters. The van der Waals surface area contributed by atoms with E-state index in [1.165, 1.54) is 32.1 Å². The number of hydrogen-bond acceptors (Lipinski definition) is 2. The molecule has 3 nitrogen and oxygen atoms in total. The van der Waals surface area contributed by atoms with Crippen molar-refractivity contribution >= 4 is 17.5 Å². The maximum Gasteiger partial charge on any atom is 0.238 e. The van der Waals surface area contributed by atoms with Gasteiger partial charge in [-0.15, -0.1) is 0 Å². The Balaban J connectivity index is 1.81. The molecular weight excluding hydrogens is 284 g/mol. The van der Waals surface area contributed by atoms with E-state index in [4.69, 9.17) is 11.6 Å². The van der Waals surface area contributed by atoms with Crippen molar-refractivity contribution in [1.29, 1.82) is 0 Å². The smallest absolute Gasteiger partial charge is 0.238 e. The Kier molecular flexibility index (Phi) is 4.81. The Morgan fingerprint density at radius 3 is 2.52 bits per heavy atom. The molecule has 1 aromatic carbocycles. The minimum absolute atomic E-state index is 0.0133. The highest BCUT2D eigenvalue weighted by Gasteiger charge is 2.36. The Hall–Kier alpha value is -1.06. The van der Waals surface area contributed by atoms with Crippen molar-refractivity contribution in [3.63, 3.8) is 0 Å². The van der Waals surface area contributed by atoms with Gasteiger partial charge >= 0.3 is 0 Å². The van der Waals surface area contributed by atoms with Crippen LogP contribution in [0, 0.1) is 0 Å². The lowest BCUT2D eigenvalue weighted by Crippen LogP contribution is -2.40. The van der Waals surface area contributed by atoms with Crippen LogP contribution in [0.1, 0.15) is 56.7 Å². The maximum atomic E-state index is 12.4. The Labute approximate surface area is 131 Å². The molecule has 4 heteroatoms. The lowest BCUT2D eigenvalue weighted by atomic mass is 9.95. The third kappa shape index (κ3) is 3.41. The average Bonchev–Trinajstić information content (AvgIpc) is 2.81. The monoisotopic (exact) mass is 306 g/mol. The number of nitrogens with zero attached hydrogens (tertiary/aromatic N) is 1. The van der Waals surface area contributed by atoms with Crippen LogP contribution in [-0.4, -0.2) is 23.4 Å². The largest absolute Gasteiger partial charge is 0.319 e. The summed E-state index contributed by atoms with van der Waals surface area (Å²) < 4.78 is 0. The second kappa shape index (κ2) is 6.80. The number of rotatable bonds is 2. The molecule has 1 aromatic rings. The summed E-state index contributed by atoms with van der Waals surface area (Å²) in [5.74, 6) is 0.227. The van der Waals surface area contributed by atoms with Crippen LogP contribution in [0.3, 0.4) is 0 Å². The summed E-state index contributed by atoms with van der Waals surface area (Å²) in [6.45, 7) is 0.438. The zero-order chi connectivity index (χ0) is 14.7.